The molecule has 0 radical (unpaired) electrons. The minimum atomic E-state index is -4.42. The third-order valence-corrected chi connectivity index (χ3v) is 4.57. The van der Waals surface area contributed by atoms with Gasteiger partial charge in [0.1, 0.15) is 0 Å². The second-order valence-corrected chi connectivity index (χ2v) is 6.97. The Labute approximate surface area is 162 Å². The zero-order valence-corrected chi connectivity index (χ0v) is 15.9. The van der Waals surface area contributed by atoms with Crippen LogP contribution in [-0.2, 0) is 6.18 Å². The van der Waals surface area contributed by atoms with Gasteiger partial charge < -0.3 is 10.6 Å². The molecule has 0 saturated heterocycles. The first-order chi connectivity index (χ1) is 12.3. The predicted octanol–water partition coefficient (Wildman–Crippen LogP) is 5.55. The predicted molar refractivity (Wildman–Crippen MR) is 108 cm³/mol. The fraction of sp³-hybridized carbons (Fsp3) is 0.105. The molecule has 0 bridgehead atoms. The maximum atomic E-state index is 13.1. The second-order valence-electron chi connectivity index (χ2n) is 5.72. The SMILES string of the molecule is CN(C(N)=Nc1cccc2ccccc12)c1cc(I)cc(C(F)(F)F)c1. The van der Waals surface area contributed by atoms with Crippen molar-refractivity contribution in [3.8, 4) is 0 Å². The zero-order chi connectivity index (χ0) is 18.9. The standard InChI is InChI=1S/C19H15F3IN3/c1-26(15-10-13(19(20,21)22)9-14(23)11-15)18(24)25-17-8-4-6-12-5-2-3-7-16(12)17/h2-11H,1H3,(H2,24,25). The van der Waals surface area contributed by atoms with E-state index in [2.05, 4.69) is 4.99 Å². The summed E-state index contributed by atoms with van der Waals surface area (Å²) in [6.45, 7) is 0. The summed E-state index contributed by atoms with van der Waals surface area (Å²) in [5.74, 6) is 0.108. The quantitative estimate of drug-likeness (QED) is 0.304. The van der Waals surface area contributed by atoms with E-state index >= 15 is 0 Å². The lowest BCUT2D eigenvalue weighted by atomic mass is 10.1. The van der Waals surface area contributed by atoms with Crippen LogP contribution < -0.4 is 10.6 Å². The first-order valence-corrected chi connectivity index (χ1v) is 8.77. The van der Waals surface area contributed by atoms with Crippen molar-refractivity contribution in [1.82, 2.24) is 0 Å². The van der Waals surface area contributed by atoms with Crippen molar-refractivity contribution in [1.29, 1.82) is 0 Å². The molecular formula is C19H15F3IN3. The van der Waals surface area contributed by atoms with E-state index in [4.69, 9.17) is 5.73 Å². The maximum absolute atomic E-state index is 13.1. The van der Waals surface area contributed by atoms with E-state index in [1.165, 1.54) is 4.90 Å². The van der Waals surface area contributed by atoms with Crippen LogP contribution in [0.5, 0.6) is 0 Å². The molecule has 0 aliphatic carbocycles. The molecule has 0 spiro atoms. The first kappa shape index (κ1) is 18.5. The number of anilines is 1. The van der Waals surface area contributed by atoms with Crippen molar-refractivity contribution < 1.29 is 13.2 Å². The molecule has 26 heavy (non-hydrogen) atoms. The molecule has 0 aliphatic heterocycles. The van der Waals surface area contributed by atoms with Gasteiger partial charge in [0, 0.05) is 21.7 Å². The fourth-order valence-electron chi connectivity index (χ4n) is 2.57. The van der Waals surface area contributed by atoms with E-state index in [0.717, 1.165) is 22.9 Å². The Hall–Kier alpha value is -2.29. The van der Waals surface area contributed by atoms with Crippen LogP contribution in [0.3, 0.4) is 0 Å². The molecule has 0 heterocycles. The Balaban J connectivity index is 2.01. The van der Waals surface area contributed by atoms with Crippen LogP contribution in [0.2, 0.25) is 0 Å². The van der Waals surface area contributed by atoms with Gasteiger partial charge in [0.2, 0.25) is 5.96 Å². The average Bonchev–Trinajstić information content (AvgIpc) is 2.60. The molecule has 7 heteroatoms. The number of nitrogens with zero attached hydrogens (tertiary/aromatic N) is 2. The summed E-state index contributed by atoms with van der Waals surface area (Å²) < 4.78 is 39.6. The highest BCUT2D eigenvalue weighted by Gasteiger charge is 2.31. The lowest BCUT2D eigenvalue weighted by Gasteiger charge is -2.20. The number of hydrogen-bond donors (Lipinski definition) is 1. The highest BCUT2D eigenvalue weighted by atomic mass is 127. The van der Waals surface area contributed by atoms with Crippen LogP contribution in [0.25, 0.3) is 10.8 Å². The molecule has 0 atom stereocenters. The zero-order valence-electron chi connectivity index (χ0n) is 13.8. The van der Waals surface area contributed by atoms with E-state index in [1.54, 1.807) is 13.1 Å². The van der Waals surface area contributed by atoms with Crippen molar-refractivity contribution in [2.75, 3.05) is 11.9 Å². The molecule has 3 aromatic carbocycles. The minimum absolute atomic E-state index is 0.108. The molecule has 0 aromatic heterocycles. The number of hydrogen-bond acceptors (Lipinski definition) is 1. The highest BCUT2D eigenvalue weighted by molar-refractivity contribution is 14.1. The van der Waals surface area contributed by atoms with Crippen molar-refractivity contribution in [2.45, 2.75) is 6.18 Å². The van der Waals surface area contributed by atoms with Gasteiger partial charge in [0.05, 0.1) is 11.3 Å². The molecule has 2 N–H and O–H groups in total. The summed E-state index contributed by atoms with van der Waals surface area (Å²) in [4.78, 5) is 5.87. The minimum Gasteiger partial charge on any atom is -0.369 e. The maximum Gasteiger partial charge on any atom is 0.416 e. The average molecular weight is 469 g/mol. The number of guanidine groups is 1. The molecule has 0 amide bonds. The summed E-state index contributed by atoms with van der Waals surface area (Å²) in [7, 11) is 1.59. The monoisotopic (exact) mass is 469 g/mol. The highest BCUT2D eigenvalue weighted by Crippen LogP contribution is 2.33. The fourth-order valence-corrected chi connectivity index (χ4v) is 3.22. The van der Waals surface area contributed by atoms with Gasteiger partial charge in [0.25, 0.3) is 0 Å². The van der Waals surface area contributed by atoms with Gasteiger partial charge in [-0.25, -0.2) is 4.99 Å². The van der Waals surface area contributed by atoms with E-state index in [0.29, 0.717) is 14.9 Å². The van der Waals surface area contributed by atoms with Crippen LogP contribution in [0.1, 0.15) is 5.56 Å². The number of rotatable bonds is 2. The Morgan fingerprint density at radius 3 is 2.46 bits per heavy atom. The number of nitrogens with two attached hydrogens (primary N) is 1. The molecule has 0 aliphatic rings. The van der Waals surface area contributed by atoms with Gasteiger partial charge >= 0.3 is 6.18 Å². The molecule has 134 valence electrons. The first-order valence-electron chi connectivity index (χ1n) is 7.69. The van der Waals surface area contributed by atoms with Crippen molar-refractivity contribution >= 4 is 50.7 Å². The van der Waals surface area contributed by atoms with Crippen LogP contribution in [0.15, 0.2) is 65.7 Å². The Morgan fingerprint density at radius 1 is 1.04 bits per heavy atom. The lowest BCUT2D eigenvalue weighted by molar-refractivity contribution is -0.137. The van der Waals surface area contributed by atoms with Gasteiger partial charge in [-0.3, -0.25) is 0 Å². The molecule has 0 unspecified atom stereocenters. The Bertz CT molecular complexity index is 978. The number of fused-ring (bicyclic) bond motifs is 1. The van der Waals surface area contributed by atoms with Crippen molar-refractivity contribution in [3.63, 3.8) is 0 Å². The number of aliphatic imine (C=N–C) groups is 1. The summed E-state index contributed by atoms with van der Waals surface area (Å²) in [6.07, 6.45) is -4.42. The van der Waals surface area contributed by atoms with E-state index in [9.17, 15) is 13.2 Å². The molecule has 0 saturated carbocycles. The molecular weight excluding hydrogens is 454 g/mol. The number of halogens is 4. The van der Waals surface area contributed by atoms with Crippen LogP contribution in [-0.4, -0.2) is 13.0 Å². The van der Waals surface area contributed by atoms with Gasteiger partial charge in [-0.15, -0.1) is 0 Å². The molecule has 3 aromatic rings. The van der Waals surface area contributed by atoms with Gasteiger partial charge in [-0.2, -0.15) is 13.2 Å². The second kappa shape index (κ2) is 7.14. The van der Waals surface area contributed by atoms with Crippen molar-refractivity contribution in [2.24, 2.45) is 10.7 Å². The van der Waals surface area contributed by atoms with Gasteiger partial charge in [0.15, 0.2) is 0 Å². The van der Waals surface area contributed by atoms with E-state index in [1.807, 2.05) is 65.1 Å². The Morgan fingerprint density at radius 2 is 1.73 bits per heavy atom. The van der Waals surface area contributed by atoms with Crippen LogP contribution in [0.4, 0.5) is 24.5 Å². The van der Waals surface area contributed by atoms with Crippen molar-refractivity contribution in [3.05, 3.63) is 69.8 Å². The molecule has 3 nitrogen and oxygen atoms in total. The summed E-state index contributed by atoms with van der Waals surface area (Å²) in [5, 5.41) is 1.93. The Kier molecular flexibility index (Phi) is 5.08. The van der Waals surface area contributed by atoms with Crippen LogP contribution >= 0.6 is 22.6 Å². The summed E-state index contributed by atoms with van der Waals surface area (Å²) >= 11 is 1.86. The lowest BCUT2D eigenvalue weighted by Crippen LogP contribution is -2.33. The van der Waals surface area contributed by atoms with E-state index < -0.39 is 11.7 Å². The largest absolute Gasteiger partial charge is 0.416 e. The number of alkyl halides is 3. The topological polar surface area (TPSA) is 41.6 Å². The van der Waals surface area contributed by atoms with E-state index in [-0.39, 0.29) is 5.96 Å². The normalized spacial score (nSPS) is 12.4. The summed E-state index contributed by atoms with van der Waals surface area (Å²) in [6, 6.07) is 17.1. The molecule has 0 fully saturated rings. The van der Waals surface area contributed by atoms with Gasteiger partial charge in [-0.05, 0) is 52.2 Å². The van der Waals surface area contributed by atoms with Gasteiger partial charge in [-0.1, -0.05) is 36.4 Å². The smallest absolute Gasteiger partial charge is 0.369 e. The molecule has 3 rings (SSSR count). The third-order valence-electron chi connectivity index (χ3n) is 3.94. The third kappa shape index (κ3) is 3.92. The van der Waals surface area contributed by atoms with Crippen LogP contribution in [0, 0.1) is 3.57 Å². The summed E-state index contributed by atoms with van der Waals surface area (Å²) in [5.41, 5.74) is 6.34. The number of benzene rings is 3.